The first-order valence-corrected chi connectivity index (χ1v) is 9.81. The van der Waals surface area contributed by atoms with Crippen LogP contribution in [0, 0.1) is 0 Å². The molecule has 27 heavy (non-hydrogen) atoms. The number of hydrogen-bond acceptors (Lipinski definition) is 4. The lowest BCUT2D eigenvalue weighted by Gasteiger charge is -2.09. The molecule has 0 radical (unpaired) electrons. The number of rotatable bonds is 7. The molecule has 2 aromatic rings. The summed E-state index contributed by atoms with van der Waals surface area (Å²) in [5.74, 6) is -0.358. The van der Waals surface area contributed by atoms with Crippen molar-refractivity contribution < 1.29 is 18.0 Å². The SMILES string of the molecule is CNC(=O)Nc1ccc(NC(=O)CCNS(=O)(=O)c2ccccc2Cl)cc1. The van der Waals surface area contributed by atoms with Gasteiger partial charge in [-0.1, -0.05) is 23.7 Å². The summed E-state index contributed by atoms with van der Waals surface area (Å²) < 4.78 is 26.7. The molecule has 144 valence electrons. The van der Waals surface area contributed by atoms with E-state index in [0.717, 1.165) is 0 Å². The highest BCUT2D eigenvalue weighted by molar-refractivity contribution is 7.89. The minimum Gasteiger partial charge on any atom is -0.341 e. The lowest BCUT2D eigenvalue weighted by Crippen LogP contribution is -2.28. The van der Waals surface area contributed by atoms with Gasteiger partial charge in [0.05, 0.1) is 5.02 Å². The van der Waals surface area contributed by atoms with Crippen LogP contribution >= 0.6 is 11.6 Å². The van der Waals surface area contributed by atoms with E-state index in [1.807, 2.05) is 0 Å². The topological polar surface area (TPSA) is 116 Å². The molecule has 0 unspecified atom stereocenters. The van der Waals surface area contributed by atoms with Gasteiger partial charge in [-0.2, -0.15) is 0 Å². The molecule has 0 aromatic heterocycles. The second-order valence-electron chi connectivity index (χ2n) is 5.41. The van der Waals surface area contributed by atoms with Crippen LogP contribution < -0.4 is 20.7 Å². The number of benzene rings is 2. The van der Waals surface area contributed by atoms with Crippen molar-refractivity contribution in [2.24, 2.45) is 0 Å². The van der Waals surface area contributed by atoms with E-state index in [1.54, 1.807) is 36.4 Å². The summed E-state index contributed by atoms with van der Waals surface area (Å²) in [4.78, 5) is 23.1. The van der Waals surface area contributed by atoms with E-state index >= 15 is 0 Å². The van der Waals surface area contributed by atoms with Crippen molar-refractivity contribution in [2.45, 2.75) is 11.3 Å². The normalized spacial score (nSPS) is 10.9. The molecule has 8 nitrogen and oxygen atoms in total. The zero-order chi connectivity index (χ0) is 19.9. The van der Waals surface area contributed by atoms with Crippen LogP contribution in [0.4, 0.5) is 16.2 Å². The number of urea groups is 1. The zero-order valence-electron chi connectivity index (χ0n) is 14.5. The van der Waals surface area contributed by atoms with Crippen molar-refractivity contribution in [3.63, 3.8) is 0 Å². The lowest BCUT2D eigenvalue weighted by molar-refractivity contribution is -0.116. The molecular formula is C17H19ClN4O4S. The molecule has 2 rings (SSSR count). The van der Waals surface area contributed by atoms with Gasteiger partial charge in [0, 0.05) is 31.4 Å². The van der Waals surface area contributed by atoms with Gasteiger partial charge in [-0.15, -0.1) is 0 Å². The Balaban J connectivity index is 1.84. The Morgan fingerprint density at radius 2 is 1.56 bits per heavy atom. The van der Waals surface area contributed by atoms with Crippen LogP contribution in [0.2, 0.25) is 5.02 Å². The molecule has 3 amide bonds. The maximum absolute atomic E-state index is 12.2. The molecule has 2 aromatic carbocycles. The third kappa shape index (κ3) is 6.24. The molecule has 0 heterocycles. The fourth-order valence-corrected chi connectivity index (χ4v) is 3.64. The Labute approximate surface area is 162 Å². The van der Waals surface area contributed by atoms with Crippen LogP contribution in [0.5, 0.6) is 0 Å². The quantitative estimate of drug-likeness (QED) is 0.560. The molecule has 0 saturated heterocycles. The van der Waals surface area contributed by atoms with Crippen molar-refractivity contribution in [3.8, 4) is 0 Å². The fraction of sp³-hybridized carbons (Fsp3) is 0.176. The second-order valence-corrected chi connectivity index (χ2v) is 7.55. The summed E-state index contributed by atoms with van der Waals surface area (Å²) in [6.07, 6.45) is -0.0536. The lowest BCUT2D eigenvalue weighted by atomic mass is 10.2. The number of nitrogens with one attached hydrogen (secondary N) is 4. The van der Waals surface area contributed by atoms with Gasteiger partial charge in [-0.3, -0.25) is 4.79 Å². The molecule has 0 aliphatic heterocycles. The minimum atomic E-state index is -3.79. The van der Waals surface area contributed by atoms with Crippen LogP contribution in [0.3, 0.4) is 0 Å². The molecule has 0 aliphatic carbocycles. The summed E-state index contributed by atoms with van der Waals surface area (Å²) in [5.41, 5.74) is 1.09. The van der Waals surface area contributed by atoms with E-state index in [4.69, 9.17) is 11.6 Å². The first-order valence-electron chi connectivity index (χ1n) is 7.94. The summed E-state index contributed by atoms with van der Waals surface area (Å²) in [6.45, 7) is -0.0737. The highest BCUT2D eigenvalue weighted by Gasteiger charge is 2.17. The first-order chi connectivity index (χ1) is 12.8. The van der Waals surface area contributed by atoms with Crippen LogP contribution in [-0.2, 0) is 14.8 Å². The van der Waals surface area contributed by atoms with Crippen molar-refractivity contribution in [2.75, 3.05) is 24.2 Å². The van der Waals surface area contributed by atoms with E-state index < -0.39 is 10.0 Å². The summed E-state index contributed by atoms with van der Waals surface area (Å²) >= 11 is 5.88. The Hall–Kier alpha value is -2.62. The zero-order valence-corrected chi connectivity index (χ0v) is 16.0. The summed E-state index contributed by atoms with van der Waals surface area (Å²) in [6, 6.07) is 12.2. The third-order valence-electron chi connectivity index (χ3n) is 3.42. The van der Waals surface area contributed by atoms with E-state index in [0.29, 0.717) is 11.4 Å². The van der Waals surface area contributed by atoms with Crippen molar-refractivity contribution in [3.05, 3.63) is 53.6 Å². The van der Waals surface area contributed by atoms with Gasteiger partial charge in [0.25, 0.3) is 0 Å². The molecule has 0 spiro atoms. The molecule has 0 aliphatic rings. The second kappa shape index (κ2) is 9.36. The van der Waals surface area contributed by atoms with Gasteiger partial charge in [-0.05, 0) is 36.4 Å². The monoisotopic (exact) mass is 410 g/mol. The smallest absolute Gasteiger partial charge is 0.318 e. The van der Waals surface area contributed by atoms with Gasteiger partial charge in [0.2, 0.25) is 15.9 Å². The number of hydrogen-bond donors (Lipinski definition) is 4. The van der Waals surface area contributed by atoms with E-state index in [2.05, 4.69) is 20.7 Å². The minimum absolute atomic E-state index is 0.0359. The van der Waals surface area contributed by atoms with Crippen LogP contribution in [-0.4, -0.2) is 33.9 Å². The number of carbonyl (C=O) groups is 2. The number of anilines is 2. The Kier molecular flexibility index (Phi) is 7.17. The van der Waals surface area contributed by atoms with E-state index in [1.165, 1.54) is 19.2 Å². The molecular weight excluding hydrogens is 392 g/mol. The Morgan fingerprint density at radius 1 is 0.963 bits per heavy atom. The largest absolute Gasteiger partial charge is 0.341 e. The van der Waals surface area contributed by atoms with Gasteiger partial charge in [0.15, 0.2) is 0 Å². The highest BCUT2D eigenvalue weighted by atomic mass is 35.5. The van der Waals surface area contributed by atoms with Gasteiger partial charge < -0.3 is 16.0 Å². The molecule has 4 N–H and O–H groups in total. The van der Waals surface area contributed by atoms with Gasteiger partial charge in [-0.25, -0.2) is 17.9 Å². The van der Waals surface area contributed by atoms with E-state index in [-0.39, 0.29) is 34.8 Å². The fourth-order valence-electron chi connectivity index (χ4n) is 2.09. The molecule has 0 atom stereocenters. The number of sulfonamides is 1. The summed E-state index contributed by atoms with van der Waals surface area (Å²) in [7, 11) is -2.28. The maximum Gasteiger partial charge on any atom is 0.318 e. The number of halogens is 1. The van der Waals surface area contributed by atoms with Crippen LogP contribution in [0.15, 0.2) is 53.4 Å². The van der Waals surface area contributed by atoms with Gasteiger partial charge >= 0.3 is 6.03 Å². The van der Waals surface area contributed by atoms with Crippen LogP contribution in [0.25, 0.3) is 0 Å². The summed E-state index contributed by atoms with van der Waals surface area (Å²) in [5, 5.41) is 7.78. The maximum atomic E-state index is 12.2. The number of carbonyl (C=O) groups excluding carboxylic acids is 2. The average Bonchev–Trinajstić information content (AvgIpc) is 2.63. The highest BCUT2D eigenvalue weighted by Crippen LogP contribution is 2.20. The number of amides is 3. The Morgan fingerprint density at radius 3 is 2.15 bits per heavy atom. The van der Waals surface area contributed by atoms with E-state index in [9.17, 15) is 18.0 Å². The van der Waals surface area contributed by atoms with Gasteiger partial charge in [0.1, 0.15) is 4.90 Å². The molecule has 0 bridgehead atoms. The van der Waals surface area contributed by atoms with Crippen LogP contribution in [0.1, 0.15) is 6.42 Å². The average molecular weight is 411 g/mol. The first kappa shape index (κ1) is 20.7. The molecule has 0 saturated carbocycles. The van der Waals surface area contributed by atoms with Crippen molar-refractivity contribution in [1.29, 1.82) is 0 Å². The Bertz CT molecular complexity index is 917. The van der Waals surface area contributed by atoms with Crippen molar-refractivity contribution in [1.82, 2.24) is 10.0 Å². The predicted molar refractivity (Wildman–Crippen MR) is 104 cm³/mol. The molecule has 0 fully saturated rings. The predicted octanol–water partition coefficient (Wildman–Crippen LogP) is 2.40. The third-order valence-corrected chi connectivity index (χ3v) is 5.38. The standard InChI is InChI=1S/C17H19ClN4O4S/c1-19-17(24)22-13-8-6-12(7-9-13)21-16(23)10-11-20-27(25,26)15-5-3-2-4-14(15)18/h2-9,20H,10-11H2,1H3,(H,21,23)(H2,19,22,24). The molecule has 10 heteroatoms. The van der Waals surface area contributed by atoms with Crippen molar-refractivity contribution >= 4 is 44.9 Å².